The Morgan fingerprint density at radius 3 is 2.66 bits per heavy atom. The van der Waals surface area contributed by atoms with E-state index < -0.39 is 23.3 Å². The first-order chi connectivity index (χ1) is 15.2. The molecule has 32 heavy (non-hydrogen) atoms. The fourth-order valence-electron chi connectivity index (χ4n) is 2.99. The first kappa shape index (κ1) is 21.5. The van der Waals surface area contributed by atoms with Gasteiger partial charge in [-0.3, -0.25) is 4.79 Å². The molecule has 0 aliphatic carbocycles. The summed E-state index contributed by atoms with van der Waals surface area (Å²) in [5.41, 5.74) is 0.918. The van der Waals surface area contributed by atoms with Crippen LogP contribution in [0.1, 0.15) is 16.8 Å². The average Bonchev–Trinajstić information content (AvgIpc) is 3.17. The Bertz CT molecular complexity index is 1360. The molecule has 164 valence electrons. The second-order valence-corrected chi connectivity index (χ2v) is 7.84. The van der Waals surface area contributed by atoms with Gasteiger partial charge in [0.2, 0.25) is 4.96 Å². The molecule has 0 fully saturated rings. The van der Waals surface area contributed by atoms with Crippen LogP contribution in [0.25, 0.3) is 15.5 Å². The average molecular weight is 459 g/mol. The molecule has 4 rings (SSSR count). The van der Waals surface area contributed by atoms with Gasteiger partial charge in [0.15, 0.2) is 0 Å². The molecule has 0 saturated carbocycles. The summed E-state index contributed by atoms with van der Waals surface area (Å²) in [5, 5.41) is 9.80. The van der Waals surface area contributed by atoms with Crippen LogP contribution in [0.2, 0.25) is 0 Å². The van der Waals surface area contributed by atoms with Crippen molar-refractivity contribution in [2.75, 3.05) is 5.32 Å². The van der Waals surface area contributed by atoms with Crippen LogP contribution < -0.4 is 16.2 Å². The molecule has 0 spiro atoms. The molecule has 2 N–H and O–H groups in total. The molecule has 7 nitrogen and oxygen atoms in total. The Morgan fingerprint density at radius 2 is 1.91 bits per heavy atom. The molecule has 0 aliphatic heterocycles. The second kappa shape index (κ2) is 8.42. The van der Waals surface area contributed by atoms with Gasteiger partial charge < -0.3 is 10.6 Å². The highest BCUT2D eigenvalue weighted by Gasteiger charge is 2.30. The van der Waals surface area contributed by atoms with Crippen LogP contribution in [-0.2, 0) is 12.7 Å². The lowest BCUT2D eigenvalue weighted by Crippen LogP contribution is -2.29. The van der Waals surface area contributed by atoms with Crippen molar-refractivity contribution in [2.24, 2.45) is 0 Å². The number of nitrogens with one attached hydrogen (secondary N) is 2. The summed E-state index contributed by atoms with van der Waals surface area (Å²) in [6, 6.07) is 12.4. The molecule has 2 aromatic heterocycles. The van der Waals surface area contributed by atoms with E-state index in [9.17, 15) is 22.8 Å². The highest BCUT2D eigenvalue weighted by atomic mass is 32.1. The number of halogens is 3. The van der Waals surface area contributed by atoms with E-state index in [0.29, 0.717) is 15.7 Å². The third-order valence-electron chi connectivity index (χ3n) is 4.55. The van der Waals surface area contributed by atoms with E-state index in [2.05, 4.69) is 20.7 Å². The van der Waals surface area contributed by atoms with Gasteiger partial charge in [-0.2, -0.15) is 22.8 Å². The van der Waals surface area contributed by atoms with Crippen molar-refractivity contribution >= 4 is 28.0 Å². The van der Waals surface area contributed by atoms with Gasteiger partial charge in [0.05, 0.1) is 17.8 Å². The van der Waals surface area contributed by atoms with E-state index in [4.69, 9.17) is 0 Å². The Morgan fingerprint density at radius 1 is 1.12 bits per heavy atom. The van der Waals surface area contributed by atoms with E-state index in [1.807, 2.05) is 31.2 Å². The maximum atomic E-state index is 12.8. The zero-order valence-electron chi connectivity index (χ0n) is 16.6. The van der Waals surface area contributed by atoms with Crippen LogP contribution >= 0.6 is 11.3 Å². The molecule has 0 bridgehead atoms. The van der Waals surface area contributed by atoms with Crippen LogP contribution in [0, 0.1) is 6.92 Å². The van der Waals surface area contributed by atoms with Crippen molar-refractivity contribution in [3.05, 3.63) is 81.8 Å². The summed E-state index contributed by atoms with van der Waals surface area (Å²) >= 11 is 1.24. The van der Waals surface area contributed by atoms with Gasteiger partial charge in [0.25, 0.3) is 5.56 Å². The number of carbonyl (C=O) groups excluding carboxylic acids is 1. The van der Waals surface area contributed by atoms with Gasteiger partial charge in [0.1, 0.15) is 5.01 Å². The second-order valence-electron chi connectivity index (χ2n) is 6.89. The van der Waals surface area contributed by atoms with Gasteiger partial charge in [0, 0.05) is 17.3 Å². The first-order valence-electron chi connectivity index (χ1n) is 9.38. The number of aryl methyl sites for hydroxylation is 1. The number of aromatic nitrogens is 3. The van der Waals surface area contributed by atoms with Crippen molar-refractivity contribution < 1.29 is 18.0 Å². The number of anilines is 1. The standard InChI is InChI=1S/C21H16F3N5O2S/c1-12-5-2-3-8-16(12)18-28-29-17(30)10-15(27-20(29)32-18)11-25-19(31)26-14-7-4-6-13(9-14)21(22,23)24/h2-10H,11H2,1H3,(H2,25,26,31). The van der Waals surface area contributed by atoms with Crippen molar-refractivity contribution in [3.63, 3.8) is 0 Å². The van der Waals surface area contributed by atoms with Crippen LogP contribution in [0.3, 0.4) is 0 Å². The number of fused-ring (bicyclic) bond motifs is 1. The Hall–Kier alpha value is -3.73. The monoisotopic (exact) mass is 459 g/mol. The number of urea groups is 1. The van der Waals surface area contributed by atoms with Gasteiger partial charge in [-0.25, -0.2) is 9.78 Å². The van der Waals surface area contributed by atoms with Gasteiger partial charge in [-0.05, 0) is 30.7 Å². The number of carbonyl (C=O) groups is 1. The highest BCUT2D eigenvalue weighted by molar-refractivity contribution is 7.19. The smallest absolute Gasteiger partial charge is 0.332 e. The number of amides is 2. The number of nitrogens with zero attached hydrogens (tertiary/aromatic N) is 3. The van der Waals surface area contributed by atoms with Gasteiger partial charge in [-0.15, -0.1) is 0 Å². The maximum Gasteiger partial charge on any atom is 0.416 e. The molecule has 2 heterocycles. The zero-order chi connectivity index (χ0) is 22.9. The number of hydrogen-bond acceptors (Lipinski definition) is 5. The highest BCUT2D eigenvalue weighted by Crippen LogP contribution is 2.30. The molecule has 11 heteroatoms. The molecule has 2 amide bonds. The van der Waals surface area contributed by atoms with E-state index in [1.54, 1.807) is 0 Å². The summed E-state index contributed by atoms with van der Waals surface area (Å²) < 4.78 is 39.6. The molecule has 0 radical (unpaired) electrons. The van der Waals surface area contributed by atoms with Crippen molar-refractivity contribution in [1.29, 1.82) is 0 Å². The van der Waals surface area contributed by atoms with E-state index in [0.717, 1.165) is 23.3 Å². The lowest BCUT2D eigenvalue weighted by atomic mass is 10.1. The molecule has 2 aromatic carbocycles. The van der Waals surface area contributed by atoms with E-state index in [1.165, 1.54) is 34.1 Å². The normalized spacial score (nSPS) is 11.5. The minimum absolute atomic E-state index is 0.00821. The maximum absolute atomic E-state index is 12.8. The Kier molecular flexibility index (Phi) is 5.66. The predicted octanol–water partition coefficient (Wildman–Crippen LogP) is 4.47. The summed E-state index contributed by atoms with van der Waals surface area (Å²) in [4.78, 5) is 29.3. The minimum Gasteiger partial charge on any atom is -0.332 e. The molecular weight excluding hydrogens is 443 g/mol. The lowest BCUT2D eigenvalue weighted by Gasteiger charge is -2.10. The van der Waals surface area contributed by atoms with Crippen LogP contribution in [-0.4, -0.2) is 20.6 Å². The van der Waals surface area contributed by atoms with Crippen molar-refractivity contribution in [2.45, 2.75) is 19.6 Å². The third-order valence-corrected chi connectivity index (χ3v) is 5.49. The molecule has 0 atom stereocenters. The number of benzene rings is 2. The van der Waals surface area contributed by atoms with E-state index in [-0.39, 0.29) is 12.2 Å². The van der Waals surface area contributed by atoms with E-state index >= 15 is 0 Å². The molecule has 0 saturated heterocycles. The fraction of sp³-hybridized carbons (Fsp3) is 0.143. The Balaban J connectivity index is 1.48. The van der Waals surface area contributed by atoms with Crippen molar-refractivity contribution in [1.82, 2.24) is 19.9 Å². The predicted molar refractivity (Wildman–Crippen MR) is 115 cm³/mol. The number of hydrogen-bond donors (Lipinski definition) is 2. The topological polar surface area (TPSA) is 88.4 Å². The molecule has 0 unspecified atom stereocenters. The van der Waals surface area contributed by atoms with Crippen LogP contribution in [0.4, 0.5) is 23.7 Å². The SMILES string of the molecule is Cc1ccccc1-c1nn2c(=O)cc(CNC(=O)Nc3cccc(C(F)(F)F)c3)nc2s1. The third kappa shape index (κ3) is 4.62. The van der Waals surface area contributed by atoms with Crippen LogP contribution in [0.15, 0.2) is 59.4 Å². The fourth-order valence-corrected chi connectivity index (χ4v) is 4.00. The molecular formula is C21H16F3N5O2S. The summed E-state index contributed by atoms with van der Waals surface area (Å²) in [6.07, 6.45) is -4.51. The minimum atomic E-state index is -4.51. The Labute approximate surface area is 183 Å². The number of rotatable bonds is 4. The largest absolute Gasteiger partial charge is 0.416 e. The zero-order valence-corrected chi connectivity index (χ0v) is 17.4. The number of alkyl halides is 3. The molecule has 4 aromatic rings. The summed E-state index contributed by atoms with van der Waals surface area (Å²) in [5.74, 6) is 0. The molecule has 0 aliphatic rings. The first-order valence-corrected chi connectivity index (χ1v) is 10.2. The van der Waals surface area contributed by atoms with Gasteiger partial charge in [-0.1, -0.05) is 41.7 Å². The van der Waals surface area contributed by atoms with Crippen molar-refractivity contribution in [3.8, 4) is 10.6 Å². The quantitative estimate of drug-likeness (QED) is 0.472. The summed E-state index contributed by atoms with van der Waals surface area (Å²) in [7, 11) is 0. The lowest BCUT2D eigenvalue weighted by molar-refractivity contribution is -0.137. The summed E-state index contributed by atoms with van der Waals surface area (Å²) in [6.45, 7) is 1.85. The van der Waals surface area contributed by atoms with Gasteiger partial charge >= 0.3 is 12.2 Å². The van der Waals surface area contributed by atoms with Crippen LogP contribution in [0.5, 0.6) is 0 Å².